The van der Waals surface area contributed by atoms with E-state index in [1.165, 1.54) is 25.7 Å². The zero-order valence-corrected chi connectivity index (χ0v) is 16.0. The maximum Gasteiger partial charge on any atom is 0.239 e. The van der Waals surface area contributed by atoms with Gasteiger partial charge in [0, 0.05) is 38.6 Å². The topological polar surface area (TPSA) is 52.7 Å². The molecule has 2 heterocycles. The zero-order valence-electron chi connectivity index (χ0n) is 16.0. The standard InChI is InChI=1S/C20H35N3O2/c1-3-4-11-22(2)19(24)15-9-12-23(13-10-15)20(25)18-14-16-7-5-6-8-17(16)21-18/h15-18,21H,3-14H2,1-2H3. The van der Waals surface area contributed by atoms with Gasteiger partial charge in [-0.05, 0) is 44.4 Å². The molecule has 0 aromatic heterocycles. The fourth-order valence-electron chi connectivity index (χ4n) is 4.89. The number of hydrogen-bond acceptors (Lipinski definition) is 3. The molecule has 0 aromatic carbocycles. The maximum atomic E-state index is 12.9. The minimum absolute atomic E-state index is 0.0209. The summed E-state index contributed by atoms with van der Waals surface area (Å²) in [6, 6.07) is 0.585. The predicted octanol–water partition coefficient (Wildman–Crippen LogP) is 2.40. The molecule has 2 aliphatic heterocycles. The zero-order chi connectivity index (χ0) is 17.8. The summed E-state index contributed by atoms with van der Waals surface area (Å²) < 4.78 is 0. The fraction of sp³-hybridized carbons (Fsp3) is 0.900. The van der Waals surface area contributed by atoms with Crippen LogP contribution in [0.3, 0.4) is 0 Å². The molecular weight excluding hydrogens is 314 g/mol. The van der Waals surface area contributed by atoms with Gasteiger partial charge in [0.2, 0.25) is 11.8 Å². The minimum atomic E-state index is 0.0209. The molecule has 1 saturated carbocycles. The molecule has 3 aliphatic rings. The van der Waals surface area contributed by atoms with Crippen molar-refractivity contribution in [2.45, 2.75) is 76.8 Å². The Morgan fingerprint density at radius 3 is 2.52 bits per heavy atom. The van der Waals surface area contributed by atoms with Crippen LogP contribution >= 0.6 is 0 Å². The molecular formula is C20H35N3O2. The lowest BCUT2D eigenvalue weighted by Crippen LogP contribution is -2.49. The van der Waals surface area contributed by atoms with Gasteiger partial charge < -0.3 is 15.1 Å². The highest BCUT2D eigenvalue weighted by atomic mass is 16.2. The summed E-state index contributed by atoms with van der Waals surface area (Å²) in [7, 11) is 1.92. The summed E-state index contributed by atoms with van der Waals surface area (Å²) in [4.78, 5) is 29.3. The molecule has 3 rings (SSSR count). The van der Waals surface area contributed by atoms with Crippen molar-refractivity contribution in [2.24, 2.45) is 11.8 Å². The van der Waals surface area contributed by atoms with Gasteiger partial charge in [-0.1, -0.05) is 26.2 Å². The van der Waals surface area contributed by atoms with Crippen molar-refractivity contribution in [3.63, 3.8) is 0 Å². The lowest BCUT2D eigenvalue weighted by atomic mass is 9.85. The van der Waals surface area contributed by atoms with Crippen LogP contribution in [0, 0.1) is 11.8 Å². The van der Waals surface area contributed by atoms with Crippen LogP contribution in [0.2, 0.25) is 0 Å². The van der Waals surface area contributed by atoms with Crippen molar-refractivity contribution in [3.05, 3.63) is 0 Å². The van der Waals surface area contributed by atoms with Crippen LogP contribution < -0.4 is 5.32 Å². The van der Waals surface area contributed by atoms with E-state index in [9.17, 15) is 9.59 Å². The van der Waals surface area contributed by atoms with Crippen LogP contribution in [0.25, 0.3) is 0 Å². The van der Waals surface area contributed by atoms with Crippen molar-refractivity contribution >= 4 is 11.8 Å². The number of fused-ring (bicyclic) bond motifs is 1. The van der Waals surface area contributed by atoms with Crippen molar-refractivity contribution < 1.29 is 9.59 Å². The van der Waals surface area contributed by atoms with Crippen LogP contribution in [-0.4, -0.2) is 60.4 Å². The SMILES string of the molecule is CCCCN(C)C(=O)C1CCN(C(=O)C2CC3CCCCC3N2)CC1. The third-order valence-electron chi connectivity index (χ3n) is 6.54. The lowest BCUT2D eigenvalue weighted by Gasteiger charge is -2.34. The van der Waals surface area contributed by atoms with E-state index in [2.05, 4.69) is 12.2 Å². The second kappa shape index (κ2) is 8.52. The number of carbonyl (C=O) groups is 2. The number of likely N-dealkylation sites (tertiary alicyclic amines) is 1. The molecule has 1 N–H and O–H groups in total. The number of carbonyl (C=O) groups excluding carboxylic acids is 2. The number of rotatable bonds is 5. The molecule has 3 fully saturated rings. The lowest BCUT2D eigenvalue weighted by molar-refractivity contribution is -0.140. The Labute approximate surface area is 152 Å². The number of hydrogen-bond donors (Lipinski definition) is 1. The van der Waals surface area contributed by atoms with Gasteiger partial charge in [-0.15, -0.1) is 0 Å². The number of nitrogens with zero attached hydrogens (tertiary/aromatic N) is 2. The third-order valence-corrected chi connectivity index (χ3v) is 6.54. The van der Waals surface area contributed by atoms with Crippen molar-refractivity contribution in [3.8, 4) is 0 Å². The summed E-state index contributed by atoms with van der Waals surface area (Å²) in [6.45, 7) is 4.48. The molecule has 3 unspecified atom stereocenters. The van der Waals surface area contributed by atoms with Gasteiger partial charge in [-0.25, -0.2) is 0 Å². The monoisotopic (exact) mass is 349 g/mol. The summed E-state index contributed by atoms with van der Waals surface area (Å²) >= 11 is 0. The van der Waals surface area contributed by atoms with E-state index in [1.54, 1.807) is 0 Å². The summed E-state index contributed by atoms with van der Waals surface area (Å²) in [5.41, 5.74) is 0. The smallest absolute Gasteiger partial charge is 0.239 e. The van der Waals surface area contributed by atoms with Gasteiger partial charge in [0.05, 0.1) is 6.04 Å². The van der Waals surface area contributed by atoms with E-state index < -0.39 is 0 Å². The molecule has 5 nitrogen and oxygen atoms in total. The highest BCUT2D eigenvalue weighted by Gasteiger charge is 2.40. The Bertz CT molecular complexity index is 460. The Kier molecular flexibility index (Phi) is 6.37. The first-order valence-corrected chi connectivity index (χ1v) is 10.4. The molecule has 0 radical (unpaired) electrons. The average Bonchev–Trinajstić information content (AvgIpc) is 3.09. The van der Waals surface area contributed by atoms with E-state index in [4.69, 9.17) is 0 Å². The molecule has 2 amide bonds. The molecule has 2 saturated heterocycles. The van der Waals surface area contributed by atoms with Crippen molar-refractivity contribution in [1.29, 1.82) is 0 Å². The average molecular weight is 350 g/mol. The highest BCUT2D eigenvalue weighted by molar-refractivity contribution is 5.83. The number of piperidine rings is 1. The molecule has 25 heavy (non-hydrogen) atoms. The van der Waals surface area contributed by atoms with Crippen LogP contribution in [0.5, 0.6) is 0 Å². The van der Waals surface area contributed by atoms with E-state index in [0.717, 1.165) is 51.7 Å². The first-order valence-electron chi connectivity index (χ1n) is 10.4. The van der Waals surface area contributed by atoms with Crippen LogP contribution in [0.1, 0.15) is 64.7 Å². The quantitative estimate of drug-likeness (QED) is 0.829. The van der Waals surface area contributed by atoms with Crippen LogP contribution in [-0.2, 0) is 9.59 Å². The predicted molar refractivity (Wildman–Crippen MR) is 99.1 cm³/mol. The van der Waals surface area contributed by atoms with Gasteiger partial charge in [0.1, 0.15) is 0 Å². The summed E-state index contributed by atoms with van der Waals surface area (Å²) in [5, 5.41) is 3.60. The molecule has 0 aromatic rings. The second-order valence-corrected chi connectivity index (χ2v) is 8.32. The second-order valence-electron chi connectivity index (χ2n) is 8.32. The highest BCUT2D eigenvalue weighted by Crippen LogP contribution is 2.34. The Morgan fingerprint density at radius 2 is 1.84 bits per heavy atom. The minimum Gasteiger partial charge on any atom is -0.346 e. The number of amides is 2. The third kappa shape index (κ3) is 4.36. The van der Waals surface area contributed by atoms with Crippen LogP contribution in [0.15, 0.2) is 0 Å². The van der Waals surface area contributed by atoms with E-state index >= 15 is 0 Å². The Morgan fingerprint density at radius 1 is 1.12 bits per heavy atom. The molecule has 0 bridgehead atoms. The molecule has 0 spiro atoms. The fourth-order valence-corrected chi connectivity index (χ4v) is 4.89. The van der Waals surface area contributed by atoms with E-state index in [0.29, 0.717) is 12.0 Å². The number of nitrogens with one attached hydrogen (secondary N) is 1. The van der Waals surface area contributed by atoms with Gasteiger partial charge >= 0.3 is 0 Å². The van der Waals surface area contributed by atoms with Crippen LogP contribution in [0.4, 0.5) is 0 Å². The largest absolute Gasteiger partial charge is 0.346 e. The van der Waals surface area contributed by atoms with Crippen molar-refractivity contribution in [1.82, 2.24) is 15.1 Å². The summed E-state index contributed by atoms with van der Waals surface area (Å²) in [6.07, 6.45) is 9.97. The van der Waals surface area contributed by atoms with Gasteiger partial charge in [0.15, 0.2) is 0 Å². The van der Waals surface area contributed by atoms with E-state index in [1.807, 2.05) is 16.8 Å². The summed E-state index contributed by atoms with van der Waals surface area (Å²) in [5.74, 6) is 1.35. The maximum absolute atomic E-state index is 12.9. The Balaban J connectivity index is 1.45. The molecule has 1 aliphatic carbocycles. The first-order chi connectivity index (χ1) is 12.1. The van der Waals surface area contributed by atoms with E-state index in [-0.39, 0.29) is 23.8 Å². The Hall–Kier alpha value is -1.10. The van der Waals surface area contributed by atoms with Gasteiger partial charge in [-0.2, -0.15) is 0 Å². The normalized spacial score (nSPS) is 30.2. The van der Waals surface area contributed by atoms with Gasteiger partial charge in [-0.3, -0.25) is 9.59 Å². The molecule has 5 heteroatoms. The molecule has 3 atom stereocenters. The molecule has 142 valence electrons. The van der Waals surface area contributed by atoms with Crippen molar-refractivity contribution in [2.75, 3.05) is 26.7 Å². The van der Waals surface area contributed by atoms with Gasteiger partial charge in [0.25, 0.3) is 0 Å². The number of unbranched alkanes of at least 4 members (excludes halogenated alkanes) is 1. The first kappa shape index (κ1) is 18.7.